The minimum absolute atomic E-state index is 0.0133. The standard InChI is InChI=1S/C26H33F2NO2/c1-16(2)25-20-9-8-19(31-15-21-22(27)10-7-17(3)24(21)28)13-18(20)11-12-29(25)23(30)14-26(4,5)6/h7-10,13,16,25H,11-12,14-15H2,1-6H3/t25-/m0/s1. The van der Waals surface area contributed by atoms with Crippen LogP contribution in [0.15, 0.2) is 30.3 Å². The van der Waals surface area contributed by atoms with Gasteiger partial charge < -0.3 is 9.64 Å². The molecule has 3 nitrogen and oxygen atoms in total. The number of ether oxygens (including phenoxy) is 1. The van der Waals surface area contributed by atoms with Gasteiger partial charge in [-0.15, -0.1) is 0 Å². The van der Waals surface area contributed by atoms with E-state index in [4.69, 9.17) is 4.74 Å². The van der Waals surface area contributed by atoms with Gasteiger partial charge in [0, 0.05) is 13.0 Å². The molecule has 0 aromatic heterocycles. The van der Waals surface area contributed by atoms with Crippen molar-refractivity contribution in [2.24, 2.45) is 11.3 Å². The maximum Gasteiger partial charge on any atom is 0.223 e. The van der Waals surface area contributed by atoms with Gasteiger partial charge in [-0.2, -0.15) is 0 Å². The first kappa shape index (κ1) is 23.2. The average Bonchev–Trinajstić information content (AvgIpc) is 2.68. The van der Waals surface area contributed by atoms with Gasteiger partial charge in [-0.25, -0.2) is 8.78 Å². The van der Waals surface area contributed by atoms with Crippen LogP contribution in [-0.2, 0) is 17.8 Å². The Labute approximate surface area is 184 Å². The highest BCUT2D eigenvalue weighted by Gasteiger charge is 2.34. The number of carbonyl (C=O) groups excluding carboxylic acids is 1. The van der Waals surface area contributed by atoms with Crippen molar-refractivity contribution in [3.63, 3.8) is 0 Å². The molecular weight excluding hydrogens is 396 g/mol. The molecule has 1 aliphatic rings. The smallest absolute Gasteiger partial charge is 0.223 e. The molecular formula is C26H33F2NO2. The summed E-state index contributed by atoms with van der Waals surface area (Å²) >= 11 is 0. The van der Waals surface area contributed by atoms with Crippen LogP contribution in [0, 0.1) is 29.9 Å². The third-order valence-electron chi connectivity index (χ3n) is 5.79. The van der Waals surface area contributed by atoms with E-state index >= 15 is 0 Å². The second kappa shape index (κ2) is 8.97. The normalized spacial score (nSPS) is 16.4. The fourth-order valence-corrected chi connectivity index (χ4v) is 4.28. The molecule has 1 heterocycles. The number of hydrogen-bond acceptors (Lipinski definition) is 2. The molecule has 168 valence electrons. The second-order valence-corrected chi connectivity index (χ2v) is 10.1. The number of fused-ring (bicyclic) bond motifs is 1. The van der Waals surface area contributed by atoms with E-state index in [0.717, 1.165) is 17.5 Å². The van der Waals surface area contributed by atoms with E-state index in [9.17, 15) is 13.6 Å². The van der Waals surface area contributed by atoms with Gasteiger partial charge in [0.1, 0.15) is 24.0 Å². The van der Waals surface area contributed by atoms with E-state index in [1.54, 1.807) is 6.92 Å². The molecule has 0 saturated carbocycles. The highest BCUT2D eigenvalue weighted by Crippen LogP contribution is 2.38. The summed E-state index contributed by atoms with van der Waals surface area (Å²) in [6.07, 6.45) is 1.25. The number of amides is 1. The molecule has 2 aromatic rings. The molecule has 0 aliphatic carbocycles. The first-order valence-corrected chi connectivity index (χ1v) is 11.0. The number of nitrogens with zero attached hydrogens (tertiary/aromatic N) is 1. The summed E-state index contributed by atoms with van der Waals surface area (Å²) < 4.78 is 34.0. The summed E-state index contributed by atoms with van der Waals surface area (Å²) in [7, 11) is 0. The van der Waals surface area contributed by atoms with Crippen LogP contribution in [0.5, 0.6) is 5.75 Å². The Hall–Kier alpha value is -2.43. The van der Waals surface area contributed by atoms with Crippen LogP contribution in [-0.4, -0.2) is 17.4 Å². The molecule has 0 fully saturated rings. The Morgan fingerprint density at radius 3 is 2.55 bits per heavy atom. The van der Waals surface area contributed by atoms with Crippen molar-refractivity contribution in [1.29, 1.82) is 0 Å². The van der Waals surface area contributed by atoms with Gasteiger partial charge in [0.2, 0.25) is 5.91 Å². The Kier molecular flexibility index (Phi) is 6.73. The van der Waals surface area contributed by atoms with Crippen molar-refractivity contribution in [3.05, 3.63) is 64.2 Å². The van der Waals surface area contributed by atoms with Crippen LogP contribution in [0.1, 0.15) is 69.3 Å². The van der Waals surface area contributed by atoms with Crippen molar-refractivity contribution in [2.45, 2.75) is 67.0 Å². The number of rotatable bonds is 5. The molecule has 31 heavy (non-hydrogen) atoms. The minimum atomic E-state index is -0.603. The van der Waals surface area contributed by atoms with E-state index < -0.39 is 11.6 Å². The second-order valence-electron chi connectivity index (χ2n) is 10.1. The van der Waals surface area contributed by atoms with E-state index in [1.165, 1.54) is 12.1 Å². The van der Waals surface area contributed by atoms with Gasteiger partial charge in [0.15, 0.2) is 0 Å². The Morgan fingerprint density at radius 1 is 1.19 bits per heavy atom. The van der Waals surface area contributed by atoms with Crippen molar-refractivity contribution in [2.75, 3.05) is 6.54 Å². The third kappa shape index (κ3) is 5.25. The van der Waals surface area contributed by atoms with Gasteiger partial charge in [0.25, 0.3) is 0 Å². The minimum Gasteiger partial charge on any atom is -0.489 e. The van der Waals surface area contributed by atoms with Gasteiger partial charge >= 0.3 is 0 Å². The summed E-state index contributed by atoms with van der Waals surface area (Å²) in [4.78, 5) is 15.0. The third-order valence-corrected chi connectivity index (χ3v) is 5.79. The average molecular weight is 430 g/mol. The molecule has 1 aliphatic heterocycles. The quantitative estimate of drug-likeness (QED) is 0.553. The molecule has 1 amide bonds. The summed E-state index contributed by atoms with van der Waals surface area (Å²) in [5.74, 6) is -0.136. The van der Waals surface area contributed by atoms with Crippen LogP contribution in [0.2, 0.25) is 0 Å². The molecule has 0 saturated heterocycles. The lowest BCUT2D eigenvalue weighted by Crippen LogP contribution is -2.43. The van der Waals surface area contributed by atoms with Gasteiger partial charge in [-0.05, 0) is 59.6 Å². The highest BCUT2D eigenvalue weighted by atomic mass is 19.1. The van der Waals surface area contributed by atoms with Gasteiger partial charge in [0.05, 0.1) is 11.6 Å². The van der Waals surface area contributed by atoms with Crippen LogP contribution in [0.3, 0.4) is 0 Å². The molecule has 0 unspecified atom stereocenters. The van der Waals surface area contributed by atoms with Crippen molar-refractivity contribution >= 4 is 5.91 Å². The molecule has 1 atom stereocenters. The summed E-state index contributed by atoms with van der Waals surface area (Å²) in [5.41, 5.74) is 2.53. The largest absolute Gasteiger partial charge is 0.489 e. The molecule has 0 radical (unpaired) electrons. The SMILES string of the molecule is Cc1ccc(F)c(COc2ccc3c(c2)CCN(C(=O)CC(C)(C)C)[C@H]3C(C)C)c1F. The number of aryl methyl sites for hydroxylation is 1. The van der Waals surface area contributed by atoms with E-state index in [0.29, 0.717) is 24.3 Å². The zero-order valence-electron chi connectivity index (χ0n) is 19.4. The fraction of sp³-hybridized carbons (Fsp3) is 0.500. The first-order chi connectivity index (χ1) is 14.5. The monoisotopic (exact) mass is 429 g/mol. The van der Waals surface area contributed by atoms with E-state index in [-0.39, 0.29) is 35.5 Å². The predicted molar refractivity (Wildman–Crippen MR) is 119 cm³/mol. The van der Waals surface area contributed by atoms with Crippen LogP contribution >= 0.6 is 0 Å². The first-order valence-electron chi connectivity index (χ1n) is 11.0. The lowest BCUT2D eigenvalue weighted by atomic mass is 9.84. The molecule has 0 spiro atoms. The number of halogens is 2. The fourth-order valence-electron chi connectivity index (χ4n) is 4.28. The molecule has 2 aromatic carbocycles. The maximum absolute atomic E-state index is 14.3. The number of benzene rings is 2. The topological polar surface area (TPSA) is 29.5 Å². The Balaban J connectivity index is 1.81. The van der Waals surface area contributed by atoms with Crippen molar-refractivity contribution < 1.29 is 18.3 Å². The Morgan fingerprint density at radius 2 is 1.90 bits per heavy atom. The van der Waals surface area contributed by atoms with E-state index in [1.807, 2.05) is 23.1 Å². The predicted octanol–water partition coefficient (Wildman–Crippen LogP) is 6.37. The number of hydrogen-bond donors (Lipinski definition) is 0. The van der Waals surface area contributed by atoms with Crippen LogP contribution < -0.4 is 4.74 Å². The summed E-state index contributed by atoms with van der Waals surface area (Å²) in [6, 6.07) is 8.47. The summed E-state index contributed by atoms with van der Waals surface area (Å²) in [6.45, 7) is 12.6. The molecule has 0 bridgehead atoms. The number of carbonyl (C=O) groups is 1. The zero-order chi connectivity index (χ0) is 22.9. The Bertz CT molecular complexity index is 963. The van der Waals surface area contributed by atoms with Crippen molar-refractivity contribution in [1.82, 2.24) is 4.90 Å². The van der Waals surface area contributed by atoms with Crippen LogP contribution in [0.25, 0.3) is 0 Å². The maximum atomic E-state index is 14.3. The lowest BCUT2D eigenvalue weighted by Gasteiger charge is -2.41. The lowest BCUT2D eigenvalue weighted by molar-refractivity contribution is -0.137. The van der Waals surface area contributed by atoms with Crippen LogP contribution in [0.4, 0.5) is 8.78 Å². The molecule has 3 rings (SSSR count). The summed E-state index contributed by atoms with van der Waals surface area (Å²) in [5, 5.41) is 0. The van der Waals surface area contributed by atoms with Gasteiger partial charge in [-0.1, -0.05) is 46.8 Å². The molecule has 5 heteroatoms. The zero-order valence-corrected chi connectivity index (χ0v) is 19.4. The van der Waals surface area contributed by atoms with E-state index in [2.05, 4.69) is 34.6 Å². The van der Waals surface area contributed by atoms with Gasteiger partial charge in [-0.3, -0.25) is 4.79 Å². The highest BCUT2D eigenvalue weighted by molar-refractivity contribution is 5.78. The van der Waals surface area contributed by atoms with Crippen molar-refractivity contribution in [3.8, 4) is 5.75 Å². The molecule has 0 N–H and O–H groups in total.